The zero-order valence-corrected chi connectivity index (χ0v) is 21.7. The monoisotopic (exact) mass is 505 g/mol. The molecule has 1 atom stereocenters. The summed E-state index contributed by atoms with van der Waals surface area (Å²) in [4.78, 5) is 9.50. The van der Waals surface area contributed by atoms with Crippen LogP contribution in [0.2, 0.25) is 0 Å². The first kappa shape index (κ1) is 24.9. The lowest BCUT2D eigenvalue weighted by Gasteiger charge is -2.35. The van der Waals surface area contributed by atoms with Gasteiger partial charge >= 0.3 is 0 Å². The van der Waals surface area contributed by atoms with E-state index in [4.69, 9.17) is 9.72 Å². The van der Waals surface area contributed by atoms with Crippen LogP contribution < -0.4 is 4.74 Å². The van der Waals surface area contributed by atoms with Crippen LogP contribution in [0.1, 0.15) is 18.4 Å². The fourth-order valence-corrected chi connectivity index (χ4v) is 5.66. The molecule has 0 saturated carbocycles. The number of aliphatic hydroxyl groups is 1. The van der Waals surface area contributed by atoms with Gasteiger partial charge in [0.15, 0.2) is 0 Å². The zero-order chi connectivity index (χ0) is 24.7. The van der Waals surface area contributed by atoms with Crippen LogP contribution in [0.3, 0.4) is 0 Å². The molecule has 0 unspecified atom stereocenters. The van der Waals surface area contributed by atoms with E-state index >= 15 is 0 Å². The molecule has 5 rings (SSSR count). The lowest BCUT2D eigenvalue weighted by Crippen LogP contribution is -2.49. The van der Waals surface area contributed by atoms with Crippen LogP contribution in [-0.4, -0.2) is 81.7 Å². The Labute approximate surface area is 216 Å². The van der Waals surface area contributed by atoms with Gasteiger partial charge in [-0.25, -0.2) is 4.98 Å². The van der Waals surface area contributed by atoms with E-state index in [9.17, 15) is 5.11 Å². The summed E-state index contributed by atoms with van der Waals surface area (Å²) in [5.74, 6) is 0.772. The summed E-state index contributed by atoms with van der Waals surface area (Å²) in [7, 11) is 0. The molecule has 1 aliphatic heterocycles. The summed E-state index contributed by atoms with van der Waals surface area (Å²) in [6.45, 7) is 8.87. The third-order valence-corrected chi connectivity index (χ3v) is 7.73. The van der Waals surface area contributed by atoms with E-state index in [0.717, 1.165) is 68.9 Å². The maximum Gasteiger partial charge on any atom is 0.121 e. The normalized spacial score (nSPS) is 15.9. The predicted molar refractivity (Wildman–Crippen MR) is 146 cm³/mol. The van der Waals surface area contributed by atoms with Gasteiger partial charge in [-0.3, -0.25) is 14.5 Å². The second kappa shape index (κ2) is 12.0. The maximum atomic E-state index is 10.6. The first-order chi connectivity index (χ1) is 17.7. The molecule has 2 aromatic heterocycles. The molecule has 2 aromatic carbocycles. The summed E-state index contributed by atoms with van der Waals surface area (Å²) in [5, 5.41) is 16.3. The van der Waals surface area contributed by atoms with E-state index < -0.39 is 6.10 Å². The van der Waals surface area contributed by atoms with E-state index in [1.165, 1.54) is 15.3 Å². The van der Waals surface area contributed by atoms with E-state index in [1.54, 1.807) is 11.3 Å². The molecule has 0 amide bonds. The molecular formula is C28H35N5O2S. The third-order valence-electron chi connectivity index (χ3n) is 6.63. The Morgan fingerprint density at radius 3 is 2.61 bits per heavy atom. The van der Waals surface area contributed by atoms with Crippen LogP contribution >= 0.6 is 11.3 Å². The van der Waals surface area contributed by atoms with E-state index in [-0.39, 0.29) is 0 Å². The minimum Gasteiger partial charge on any atom is -0.491 e. The minimum absolute atomic E-state index is 0.292. The number of hydrogen-bond donors (Lipinski definition) is 1. The Hall–Kier alpha value is -2.78. The standard InChI is InChI=1S/C28H35N5O2S/c1-2-6-28-30-26-17-25(9-10-27(26)36-28)35-21-24(34)20-32-13-11-31(12-14-32)15-16-33-19-23(18-29-33)22-7-4-3-5-8-22/h3-5,7-10,17-19,24,34H,2,6,11-16,20-21H2,1H3/t24-/m1/s1. The third kappa shape index (κ3) is 6.50. The van der Waals surface area contributed by atoms with Crippen LogP contribution in [0, 0.1) is 0 Å². The first-order valence-corrected chi connectivity index (χ1v) is 13.7. The average Bonchev–Trinajstić information content (AvgIpc) is 3.54. The van der Waals surface area contributed by atoms with Crippen molar-refractivity contribution < 1.29 is 9.84 Å². The Kier molecular flexibility index (Phi) is 8.28. The summed E-state index contributed by atoms with van der Waals surface area (Å²) in [6, 6.07) is 16.4. The van der Waals surface area contributed by atoms with Crippen LogP contribution in [0.25, 0.3) is 21.3 Å². The van der Waals surface area contributed by atoms with Crippen molar-refractivity contribution in [2.45, 2.75) is 32.4 Å². The number of aromatic nitrogens is 3. The number of nitrogens with zero attached hydrogens (tertiary/aromatic N) is 5. The first-order valence-electron chi connectivity index (χ1n) is 12.9. The van der Waals surface area contributed by atoms with E-state index in [2.05, 4.69) is 58.4 Å². The Morgan fingerprint density at radius 1 is 1.00 bits per heavy atom. The van der Waals surface area contributed by atoms with Gasteiger partial charge in [0, 0.05) is 57.1 Å². The number of aryl methyl sites for hydroxylation is 1. The molecule has 0 radical (unpaired) electrons. The molecule has 0 spiro atoms. The lowest BCUT2D eigenvalue weighted by molar-refractivity contribution is 0.0453. The fraction of sp³-hybridized carbons (Fsp3) is 0.429. The van der Waals surface area contributed by atoms with Crippen LogP contribution in [0.15, 0.2) is 60.9 Å². The molecule has 1 saturated heterocycles. The average molecular weight is 506 g/mol. The summed E-state index contributed by atoms with van der Waals surface area (Å²) >= 11 is 1.75. The minimum atomic E-state index is -0.515. The molecule has 1 N–H and O–H groups in total. The van der Waals surface area contributed by atoms with Crippen molar-refractivity contribution in [3.05, 3.63) is 65.9 Å². The smallest absolute Gasteiger partial charge is 0.121 e. The van der Waals surface area contributed by atoms with Gasteiger partial charge in [0.25, 0.3) is 0 Å². The Bertz CT molecular complexity index is 1230. The van der Waals surface area contributed by atoms with Gasteiger partial charge in [-0.1, -0.05) is 37.3 Å². The molecule has 3 heterocycles. The lowest BCUT2D eigenvalue weighted by atomic mass is 10.1. The van der Waals surface area contributed by atoms with Crippen molar-refractivity contribution in [2.24, 2.45) is 0 Å². The largest absolute Gasteiger partial charge is 0.491 e. The Balaban J connectivity index is 1.02. The molecule has 4 aromatic rings. The number of ether oxygens (including phenoxy) is 1. The topological polar surface area (TPSA) is 66.7 Å². The van der Waals surface area contributed by atoms with Gasteiger partial charge in [0.1, 0.15) is 18.5 Å². The van der Waals surface area contributed by atoms with Crippen molar-refractivity contribution in [1.82, 2.24) is 24.6 Å². The van der Waals surface area contributed by atoms with E-state index in [1.807, 2.05) is 29.1 Å². The summed E-state index contributed by atoms with van der Waals surface area (Å²) in [5.41, 5.74) is 3.34. The molecule has 190 valence electrons. The molecule has 36 heavy (non-hydrogen) atoms. The van der Waals surface area contributed by atoms with Crippen molar-refractivity contribution in [1.29, 1.82) is 0 Å². The van der Waals surface area contributed by atoms with Crippen molar-refractivity contribution >= 4 is 21.6 Å². The number of hydrogen-bond acceptors (Lipinski definition) is 7. The van der Waals surface area contributed by atoms with Gasteiger partial charge in [0.2, 0.25) is 0 Å². The van der Waals surface area contributed by atoms with Gasteiger partial charge < -0.3 is 9.84 Å². The van der Waals surface area contributed by atoms with Crippen LogP contribution in [0.5, 0.6) is 5.75 Å². The van der Waals surface area contributed by atoms with Crippen molar-refractivity contribution in [2.75, 3.05) is 45.9 Å². The number of piperazine rings is 1. The molecule has 1 fully saturated rings. The number of aliphatic hydroxyl groups excluding tert-OH is 1. The highest BCUT2D eigenvalue weighted by molar-refractivity contribution is 7.18. The summed E-state index contributed by atoms with van der Waals surface area (Å²) < 4.78 is 9.12. The fourth-order valence-electron chi connectivity index (χ4n) is 4.61. The van der Waals surface area contributed by atoms with Crippen molar-refractivity contribution in [3.63, 3.8) is 0 Å². The molecular weight excluding hydrogens is 470 g/mol. The molecule has 7 nitrogen and oxygen atoms in total. The number of β-amino-alcohol motifs (C(OH)–C–C–N with tert-alkyl or cyclic N) is 1. The van der Waals surface area contributed by atoms with Crippen LogP contribution in [-0.2, 0) is 13.0 Å². The van der Waals surface area contributed by atoms with E-state index in [0.29, 0.717) is 13.2 Å². The molecule has 0 aliphatic carbocycles. The van der Waals surface area contributed by atoms with Gasteiger partial charge in [-0.2, -0.15) is 5.10 Å². The maximum absolute atomic E-state index is 10.6. The number of rotatable bonds is 11. The number of thiazole rings is 1. The Morgan fingerprint density at radius 2 is 1.81 bits per heavy atom. The second-order valence-corrected chi connectivity index (χ2v) is 10.6. The van der Waals surface area contributed by atoms with Gasteiger partial charge in [-0.05, 0) is 30.5 Å². The van der Waals surface area contributed by atoms with Crippen molar-refractivity contribution in [3.8, 4) is 16.9 Å². The molecule has 0 bridgehead atoms. The quantitative estimate of drug-likeness (QED) is 0.330. The highest BCUT2D eigenvalue weighted by atomic mass is 32.1. The highest BCUT2D eigenvalue weighted by Crippen LogP contribution is 2.27. The summed E-state index contributed by atoms with van der Waals surface area (Å²) in [6.07, 6.45) is 5.66. The SMILES string of the molecule is CCCc1nc2cc(OC[C@H](O)CN3CCN(CCn4cc(-c5ccccc5)cn4)CC3)ccc2s1. The number of benzene rings is 2. The number of fused-ring (bicyclic) bond motifs is 1. The van der Waals surface area contributed by atoms with Crippen LogP contribution in [0.4, 0.5) is 0 Å². The van der Waals surface area contributed by atoms with Gasteiger partial charge in [0.05, 0.1) is 28.0 Å². The zero-order valence-electron chi connectivity index (χ0n) is 20.9. The molecule has 8 heteroatoms. The van der Waals surface area contributed by atoms with Gasteiger partial charge in [-0.15, -0.1) is 11.3 Å². The predicted octanol–water partition coefficient (Wildman–Crippen LogP) is 4.17. The molecule has 1 aliphatic rings. The highest BCUT2D eigenvalue weighted by Gasteiger charge is 2.19. The second-order valence-electron chi connectivity index (χ2n) is 9.45.